The molecule has 3 heteroatoms. The third-order valence-corrected chi connectivity index (χ3v) is 2.67. The van der Waals surface area contributed by atoms with Crippen LogP contribution in [0.4, 0.5) is 0 Å². The third-order valence-electron chi connectivity index (χ3n) is 2.67. The smallest absolute Gasteiger partial charge is 0.320 e. The van der Waals surface area contributed by atoms with Crippen LogP contribution in [-0.4, -0.2) is 23.2 Å². The zero-order valence-corrected chi connectivity index (χ0v) is 10.5. The maximum atomic E-state index is 11.0. The molecule has 0 aromatic heterocycles. The largest absolute Gasteiger partial charge is 0.480 e. The Morgan fingerprint density at radius 3 is 2.38 bits per heavy atom. The van der Waals surface area contributed by atoms with Crippen molar-refractivity contribution in [1.29, 1.82) is 0 Å². The molecule has 2 unspecified atom stereocenters. The van der Waals surface area contributed by atoms with Gasteiger partial charge in [-0.2, -0.15) is 0 Å². The zero-order chi connectivity index (χ0) is 12.4. The van der Waals surface area contributed by atoms with Gasteiger partial charge >= 0.3 is 5.97 Å². The summed E-state index contributed by atoms with van der Waals surface area (Å²) in [5, 5.41) is 12.3. The summed E-state index contributed by atoms with van der Waals surface area (Å²) in [5.41, 5.74) is 0. The summed E-state index contributed by atoms with van der Waals surface area (Å²) >= 11 is 0. The van der Waals surface area contributed by atoms with Gasteiger partial charge in [-0.1, -0.05) is 32.8 Å². The lowest BCUT2D eigenvalue weighted by atomic mass is 10.0. The molecule has 2 atom stereocenters. The topological polar surface area (TPSA) is 49.3 Å². The summed E-state index contributed by atoms with van der Waals surface area (Å²) in [6.45, 7) is 7.83. The molecule has 0 rings (SSSR count). The number of allylic oxidation sites excluding steroid dienone is 1. The highest BCUT2D eigenvalue weighted by molar-refractivity contribution is 5.73. The predicted octanol–water partition coefficient (Wildman–Crippen LogP) is 2.96. The number of aliphatic carboxylic acids is 1. The van der Waals surface area contributed by atoms with Crippen molar-refractivity contribution < 1.29 is 9.90 Å². The highest BCUT2D eigenvalue weighted by Crippen LogP contribution is 2.08. The van der Waals surface area contributed by atoms with Gasteiger partial charge in [0.05, 0.1) is 0 Å². The van der Waals surface area contributed by atoms with Crippen molar-refractivity contribution in [2.75, 3.05) is 0 Å². The highest BCUT2D eigenvalue weighted by Gasteiger charge is 2.19. The third kappa shape index (κ3) is 6.62. The average molecular weight is 227 g/mol. The van der Waals surface area contributed by atoms with Gasteiger partial charge in [0.2, 0.25) is 0 Å². The van der Waals surface area contributed by atoms with Crippen LogP contribution in [0, 0.1) is 0 Å². The molecule has 0 aromatic carbocycles. The maximum Gasteiger partial charge on any atom is 0.320 e. The van der Waals surface area contributed by atoms with Gasteiger partial charge in [0.15, 0.2) is 0 Å². The Kier molecular flexibility index (Phi) is 8.91. The summed E-state index contributed by atoms with van der Waals surface area (Å²) < 4.78 is 0. The molecule has 0 spiro atoms. The van der Waals surface area contributed by atoms with Crippen molar-refractivity contribution >= 4 is 5.97 Å². The number of carbonyl (C=O) groups is 1. The van der Waals surface area contributed by atoms with E-state index in [1.165, 1.54) is 0 Å². The molecule has 0 aliphatic rings. The van der Waals surface area contributed by atoms with E-state index < -0.39 is 12.0 Å². The highest BCUT2D eigenvalue weighted by atomic mass is 16.4. The van der Waals surface area contributed by atoms with E-state index >= 15 is 0 Å². The Morgan fingerprint density at radius 1 is 1.31 bits per heavy atom. The number of hydrogen-bond acceptors (Lipinski definition) is 2. The number of carboxylic acid groups (broad SMARTS) is 1. The van der Waals surface area contributed by atoms with Crippen molar-refractivity contribution in [3.05, 3.63) is 12.7 Å². The molecule has 16 heavy (non-hydrogen) atoms. The second-order valence-corrected chi connectivity index (χ2v) is 4.20. The van der Waals surface area contributed by atoms with Crippen molar-refractivity contribution in [3.8, 4) is 0 Å². The lowest BCUT2D eigenvalue weighted by Gasteiger charge is -2.22. The van der Waals surface area contributed by atoms with Gasteiger partial charge in [0.25, 0.3) is 0 Å². The predicted molar refractivity (Wildman–Crippen MR) is 67.6 cm³/mol. The van der Waals surface area contributed by atoms with Crippen LogP contribution in [0.1, 0.15) is 52.4 Å². The number of rotatable bonds is 10. The van der Waals surface area contributed by atoms with Crippen molar-refractivity contribution in [1.82, 2.24) is 5.32 Å². The number of carboxylic acids is 1. The molecule has 0 aliphatic carbocycles. The van der Waals surface area contributed by atoms with Crippen molar-refractivity contribution in [3.63, 3.8) is 0 Å². The molecule has 0 saturated heterocycles. The molecular formula is C13H25NO2. The van der Waals surface area contributed by atoms with E-state index in [0.29, 0.717) is 12.5 Å². The van der Waals surface area contributed by atoms with Crippen LogP contribution < -0.4 is 5.32 Å². The zero-order valence-electron chi connectivity index (χ0n) is 10.5. The summed E-state index contributed by atoms with van der Waals surface area (Å²) in [5.74, 6) is -0.735. The number of nitrogens with one attached hydrogen (secondary N) is 1. The molecule has 0 aliphatic heterocycles. The molecule has 0 saturated carbocycles. The Labute approximate surface area is 98.9 Å². The summed E-state index contributed by atoms with van der Waals surface area (Å²) in [7, 11) is 0. The van der Waals surface area contributed by atoms with Gasteiger partial charge in [0, 0.05) is 6.04 Å². The van der Waals surface area contributed by atoms with Crippen molar-refractivity contribution in [2.45, 2.75) is 64.5 Å². The molecule has 0 amide bonds. The van der Waals surface area contributed by atoms with Crippen LogP contribution in [0.5, 0.6) is 0 Å². The molecule has 2 N–H and O–H groups in total. The minimum Gasteiger partial charge on any atom is -0.480 e. The Bertz CT molecular complexity index is 204. The van der Waals surface area contributed by atoms with Crippen LogP contribution in [0.15, 0.2) is 12.7 Å². The molecule has 0 heterocycles. The normalized spacial score (nSPS) is 14.4. The van der Waals surface area contributed by atoms with E-state index in [2.05, 4.69) is 18.8 Å². The minimum atomic E-state index is -0.735. The molecule has 94 valence electrons. The van der Waals surface area contributed by atoms with E-state index in [1.807, 2.05) is 13.0 Å². The van der Waals surface area contributed by atoms with E-state index in [9.17, 15) is 4.79 Å². The molecule has 0 radical (unpaired) electrons. The Morgan fingerprint density at radius 2 is 1.94 bits per heavy atom. The monoisotopic (exact) mass is 227 g/mol. The number of hydrogen-bond donors (Lipinski definition) is 2. The first-order chi connectivity index (χ1) is 7.65. The van der Waals surface area contributed by atoms with E-state index in [-0.39, 0.29) is 0 Å². The molecule has 0 fully saturated rings. The van der Waals surface area contributed by atoms with Gasteiger partial charge in [-0.25, -0.2) is 0 Å². The van der Waals surface area contributed by atoms with E-state index in [1.54, 1.807) is 0 Å². The summed E-state index contributed by atoms with van der Waals surface area (Å²) in [6, 6.07) is -0.0954. The fraction of sp³-hybridized carbons (Fsp3) is 0.769. The average Bonchev–Trinajstić information content (AvgIpc) is 2.25. The quantitative estimate of drug-likeness (QED) is 0.564. The Hall–Kier alpha value is -0.830. The first-order valence-electron chi connectivity index (χ1n) is 6.25. The Balaban J connectivity index is 4.19. The second kappa shape index (κ2) is 9.40. The lowest BCUT2D eigenvalue weighted by Crippen LogP contribution is -2.43. The maximum absolute atomic E-state index is 11.0. The van der Waals surface area contributed by atoms with Gasteiger partial charge < -0.3 is 10.4 Å². The van der Waals surface area contributed by atoms with Crippen LogP contribution in [0.3, 0.4) is 0 Å². The summed E-state index contributed by atoms with van der Waals surface area (Å²) in [4.78, 5) is 11.0. The van der Waals surface area contributed by atoms with Crippen LogP contribution in [-0.2, 0) is 4.79 Å². The molecule has 0 aromatic rings. The van der Waals surface area contributed by atoms with E-state index in [4.69, 9.17) is 5.11 Å². The van der Waals surface area contributed by atoms with Crippen LogP contribution in [0.2, 0.25) is 0 Å². The lowest BCUT2D eigenvalue weighted by molar-refractivity contribution is -0.139. The fourth-order valence-electron chi connectivity index (χ4n) is 1.83. The minimum absolute atomic E-state index is 0.302. The fourth-order valence-corrected chi connectivity index (χ4v) is 1.83. The van der Waals surface area contributed by atoms with Gasteiger partial charge in [-0.15, -0.1) is 6.58 Å². The SMILES string of the molecule is C=CCCC(CCC)NC(CCC)C(=O)O. The van der Waals surface area contributed by atoms with Crippen LogP contribution >= 0.6 is 0 Å². The van der Waals surface area contributed by atoms with Crippen molar-refractivity contribution in [2.24, 2.45) is 0 Å². The second-order valence-electron chi connectivity index (χ2n) is 4.20. The van der Waals surface area contributed by atoms with Gasteiger partial charge in [-0.05, 0) is 25.7 Å². The van der Waals surface area contributed by atoms with E-state index in [0.717, 1.165) is 32.1 Å². The first kappa shape index (κ1) is 15.2. The molecule has 3 nitrogen and oxygen atoms in total. The molecular weight excluding hydrogens is 202 g/mol. The first-order valence-corrected chi connectivity index (χ1v) is 6.25. The standard InChI is InChI=1S/C13H25NO2/c1-4-7-10-11(8-5-2)14-12(9-6-3)13(15)16/h4,11-12,14H,1,5-10H2,2-3H3,(H,15,16). The van der Waals surface area contributed by atoms with Gasteiger partial charge in [-0.3, -0.25) is 4.79 Å². The van der Waals surface area contributed by atoms with Crippen LogP contribution in [0.25, 0.3) is 0 Å². The molecule has 0 bridgehead atoms. The van der Waals surface area contributed by atoms with Gasteiger partial charge in [0.1, 0.15) is 6.04 Å². The summed E-state index contributed by atoms with van der Waals surface area (Å²) in [6.07, 6.45) is 7.50.